The molecule has 2 rings (SSSR count). The molecule has 0 aromatic rings. The van der Waals surface area contributed by atoms with Crippen molar-refractivity contribution in [2.24, 2.45) is 0 Å². The Balaban J connectivity index is 1.60. The van der Waals surface area contributed by atoms with Gasteiger partial charge >= 0.3 is 0 Å². The summed E-state index contributed by atoms with van der Waals surface area (Å²) in [5.41, 5.74) is 0. The lowest BCUT2D eigenvalue weighted by Crippen LogP contribution is -2.40. The van der Waals surface area contributed by atoms with Gasteiger partial charge in [0.15, 0.2) is 0 Å². The van der Waals surface area contributed by atoms with Crippen molar-refractivity contribution in [2.75, 3.05) is 6.61 Å². The molecule has 0 bridgehead atoms. The highest BCUT2D eigenvalue weighted by atomic mass is 16.5. The van der Waals surface area contributed by atoms with E-state index in [1.807, 2.05) is 0 Å². The quantitative estimate of drug-likeness (QED) is 0.775. The second kappa shape index (κ2) is 6.61. The molecule has 2 fully saturated rings. The Bertz CT molecular complexity index is 181. The molecule has 0 aliphatic heterocycles. The molecule has 2 aliphatic carbocycles. The Morgan fingerprint density at radius 3 is 2.19 bits per heavy atom. The van der Waals surface area contributed by atoms with Crippen LogP contribution < -0.4 is 5.32 Å². The summed E-state index contributed by atoms with van der Waals surface area (Å²) in [6.07, 6.45) is 12.6. The highest BCUT2D eigenvalue weighted by Gasteiger charge is 2.24. The van der Waals surface area contributed by atoms with Gasteiger partial charge < -0.3 is 10.1 Å². The van der Waals surface area contributed by atoms with E-state index in [0.29, 0.717) is 6.10 Å². The second-order valence-electron chi connectivity index (χ2n) is 5.49. The van der Waals surface area contributed by atoms with E-state index in [1.165, 1.54) is 51.4 Å². The molecule has 0 aromatic heterocycles. The minimum absolute atomic E-state index is 0.557. The van der Waals surface area contributed by atoms with E-state index in [4.69, 9.17) is 4.74 Å². The molecule has 0 atom stereocenters. The maximum absolute atomic E-state index is 5.82. The number of hydrogen-bond acceptors (Lipinski definition) is 2. The van der Waals surface area contributed by atoms with Gasteiger partial charge in [0, 0.05) is 18.7 Å². The summed E-state index contributed by atoms with van der Waals surface area (Å²) in [6, 6.07) is 1.61. The molecular weight excluding hydrogens is 198 g/mol. The number of hydrogen-bond donors (Lipinski definition) is 1. The third kappa shape index (κ3) is 3.74. The first kappa shape index (κ1) is 12.4. The molecule has 0 radical (unpaired) electrons. The third-order valence-corrected chi connectivity index (χ3v) is 4.06. The fourth-order valence-corrected chi connectivity index (χ4v) is 3.11. The van der Waals surface area contributed by atoms with E-state index in [-0.39, 0.29) is 0 Å². The SMILES string of the molecule is CCCO[C@H]1CC[C@H](NC2CCCC2)CC1. The highest BCUT2D eigenvalue weighted by Crippen LogP contribution is 2.24. The summed E-state index contributed by atoms with van der Waals surface area (Å²) in [5.74, 6) is 0. The zero-order valence-corrected chi connectivity index (χ0v) is 10.7. The van der Waals surface area contributed by atoms with Gasteiger partial charge in [-0.1, -0.05) is 19.8 Å². The first-order valence-electron chi connectivity index (χ1n) is 7.26. The minimum atomic E-state index is 0.557. The minimum Gasteiger partial charge on any atom is -0.378 e. The van der Waals surface area contributed by atoms with E-state index in [0.717, 1.165) is 25.1 Å². The molecule has 0 unspecified atom stereocenters. The van der Waals surface area contributed by atoms with Crippen LogP contribution in [0.3, 0.4) is 0 Å². The highest BCUT2D eigenvalue weighted by molar-refractivity contribution is 4.83. The largest absolute Gasteiger partial charge is 0.378 e. The van der Waals surface area contributed by atoms with Gasteiger partial charge in [-0.15, -0.1) is 0 Å². The maximum atomic E-state index is 5.82. The topological polar surface area (TPSA) is 21.3 Å². The molecule has 0 heterocycles. The molecular formula is C14H27NO. The summed E-state index contributed by atoms with van der Waals surface area (Å²) in [5, 5.41) is 3.84. The van der Waals surface area contributed by atoms with E-state index in [1.54, 1.807) is 0 Å². The molecule has 2 nitrogen and oxygen atoms in total. The van der Waals surface area contributed by atoms with Crippen molar-refractivity contribution >= 4 is 0 Å². The molecule has 1 N–H and O–H groups in total. The van der Waals surface area contributed by atoms with Crippen LogP contribution in [0.1, 0.15) is 64.7 Å². The standard InChI is InChI=1S/C14H27NO/c1-2-11-16-14-9-7-13(8-10-14)15-12-5-3-4-6-12/h12-15H,2-11H2,1H3/t13-,14-. The first-order valence-corrected chi connectivity index (χ1v) is 7.26. The van der Waals surface area contributed by atoms with Crippen LogP contribution in [0, 0.1) is 0 Å². The van der Waals surface area contributed by atoms with Crippen molar-refractivity contribution in [1.29, 1.82) is 0 Å². The third-order valence-electron chi connectivity index (χ3n) is 4.06. The first-order chi connectivity index (χ1) is 7.88. The van der Waals surface area contributed by atoms with Crippen molar-refractivity contribution in [3.63, 3.8) is 0 Å². The van der Waals surface area contributed by atoms with Crippen LogP contribution in [0.25, 0.3) is 0 Å². The fraction of sp³-hybridized carbons (Fsp3) is 1.00. The maximum Gasteiger partial charge on any atom is 0.0576 e. The van der Waals surface area contributed by atoms with Crippen LogP contribution in [0.2, 0.25) is 0 Å². The van der Waals surface area contributed by atoms with E-state index >= 15 is 0 Å². The van der Waals surface area contributed by atoms with Crippen molar-refractivity contribution in [3.8, 4) is 0 Å². The van der Waals surface area contributed by atoms with Gasteiger partial charge in [-0.05, 0) is 44.9 Å². The molecule has 16 heavy (non-hydrogen) atoms. The zero-order chi connectivity index (χ0) is 11.2. The Kier molecular flexibility index (Phi) is 5.11. The number of rotatable bonds is 5. The van der Waals surface area contributed by atoms with Gasteiger partial charge in [0.2, 0.25) is 0 Å². The molecule has 0 saturated heterocycles. The Morgan fingerprint density at radius 1 is 0.938 bits per heavy atom. The van der Waals surface area contributed by atoms with Crippen LogP contribution in [0.4, 0.5) is 0 Å². The summed E-state index contributed by atoms with van der Waals surface area (Å²) in [6.45, 7) is 3.14. The van der Waals surface area contributed by atoms with Gasteiger partial charge in [0.1, 0.15) is 0 Å². The van der Waals surface area contributed by atoms with Crippen molar-refractivity contribution < 1.29 is 4.74 Å². The zero-order valence-electron chi connectivity index (χ0n) is 10.7. The average molecular weight is 225 g/mol. The van der Waals surface area contributed by atoms with Gasteiger partial charge in [-0.25, -0.2) is 0 Å². The van der Waals surface area contributed by atoms with Crippen LogP contribution in [0.5, 0.6) is 0 Å². The number of nitrogens with one attached hydrogen (secondary N) is 1. The molecule has 2 heteroatoms. The van der Waals surface area contributed by atoms with Gasteiger partial charge in [0.25, 0.3) is 0 Å². The van der Waals surface area contributed by atoms with E-state index in [9.17, 15) is 0 Å². The predicted molar refractivity (Wildman–Crippen MR) is 67.7 cm³/mol. The van der Waals surface area contributed by atoms with Crippen molar-refractivity contribution in [1.82, 2.24) is 5.32 Å². The van der Waals surface area contributed by atoms with Gasteiger partial charge in [-0.3, -0.25) is 0 Å². The molecule has 2 saturated carbocycles. The summed E-state index contributed by atoms with van der Waals surface area (Å²) < 4.78 is 5.82. The number of ether oxygens (including phenoxy) is 1. The van der Waals surface area contributed by atoms with Crippen LogP contribution in [0.15, 0.2) is 0 Å². The summed E-state index contributed by atoms with van der Waals surface area (Å²) >= 11 is 0. The van der Waals surface area contributed by atoms with Gasteiger partial charge in [-0.2, -0.15) is 0 Å². The predicted octanol–water partition coefficient (Wildman–Crippen LogP) is 3.26. The monoisotopic (exact) mass is 225 g/mol. The molecule has 2 aliphatic rings. The Hall–Kier alpha value is -0.0800. The lowest BCUT2D eigenvalue weighted by Gasteiger charge is -2.31. The molecule has 0 amide bonds. The summed E-state index contributed by atoms with van der Waals surface area (Å²) in [7, 11) is 0. The van der Waals surface area contributed by atoms with Crippen LogP contribution in [-0.4, -0.2) is 24.8 Å². The van der Waals surface area contributed by atoms with E-state index in [2.05, 4.69) is 12.2 Å². The van der Waals surface area contributed by atoms with Crippen LogP contribution >= 0.6 is 0 Å². The van der Waals surface area contributed by atoms with E-state index < -0.39 is 0 Å². The van der Waals surface area contributed by atoms with Gasteiger partial charge in [0.05, 0.1) is 6.10 Å². The Morgan fingerprint density at radius 2 is 1.56 bits per heavy atom. The average Bonchev–Trinajstić information content (AvgIpc) is 2.81. The van der Waals surface area contributed by atoms with Crippen molar-refractivity contribution in [3.05, 3.63) is 0 Å². The Labute approximate surface area is 100 Å². The smallest absolute Gasteiger partial charge is 0.0576 e. The fourth-order valence-electron chi connectivity index (χ4n) is 3.11. The van der Waals surface area contributed by atoms with Crippen molar-refractivity contribution in [2.45, 2.75) is 82.9 Å². The second-order valence-corrected chi connectivity index (χ2v) is 5.49. The lowest BCUT2D eigenvalue weighted by atomic mass is 9.92. The molecule has 0 spiro atoms. The molecule has 94 valence electrons. The summed E-state index contributed by atoms with van der Waals surface area (Å²) in [4.78, 5) is 0. The van der Waals surface area contributed by atoms with Crippen LogP contribution in [-0.2, 0) is 4.74 Å². The molecule has 0 aromatic carbocycles. The lowest BCUT2D eigenvalue weighted by molar-refractivity contribution is 0.0220. The normalized spacial score (nSPS) is 32.1.